The molecule has 0 radical (unpaired) electrons. The Morgan fingerprint density at radius 1 is 1.22 bits per heavy atom. The SMILES string of the molecule is COc1ccc(N2C(=O)[C@H]3[C@@H](c4ccco4)C(C#N)=C(N)S[C@H]3C2=O)cc1. The number of rotatable bonds is 3. The number of benzene rings is 1. The summed E-state index contributed by atoms with van der Waals surface area (Å²) in [4.78, 5) is 27.4. The van der Waals surface area contributed by atoms with Crippen LogP contribution >= 0.6 is 11.8 Å². The Morgan fingerprint density at radius 3 is 2.56 bits per heavy atom. The largest absolute Gasteiger partial charge is 0.497 e. The van der Waals surface area contributed by atoms with E-state index in [2.05, 4.69) is 6.07 Å². The Bertz CT molecular complexity index is 975. The summed E-state index contributed by atoms with van der Waals surface area (Å²) in [5, 5.41) is 9.12. The molecule has 1 aromatic carbocycles. The first-order valence-corrected chi connectivity index (χ1v) is 9.06. The van der Waals surface area contributed by atoms with Gasteiger partial charge in [0, 0.05) is 0 Å². The standard InChI is InChI=1S/C19H15N3O4S/c1-25-11-6-4-10(5-7-11)22-18(23)15-14(13-3-2-8-26-13)12(9-20)17(21)27-16(15)19(22)24/h2-8,14-16H,21H2,1H3/t14-,15+,16-/m1/s1. The van der Waals surface area contributed by atoms with Gasteiger partial charge in [-0.25, -0.2) is 4.90 Å². The second-order valence-corrected chi connectivity index (χ2v) is 7.34. The minimum atomic E-state index is -0.752. The maximum Gasteiger partial charge on any atom is 0.248 e. The minimum Gasteiger partial charge on any atom is -0.497 e. The van der Waals surface area contributed by atoms with Crippen LogP contribution in [0.2, 0.25) is 0 Å². The third-order valence-corrected chi connectivity index (χ3v) is 6.01. The molecular weight excluding hydrogens is 366 g/mol. The molecule has 2 N–H and O–H groups in total. The number of hydrogen-bond donors (Lipinski definition) is 1. The van der Waals surface area contributed by atoms with E-state index in [-0.39, 0.29) is 22.4 Å². The molecule has 1 saturated heterocycles. The molecule has 3 atom stereocenters. The molecule has 0 bridgehead atoms. The number of amides is 2. The predicted octanol–water partition coefficient (Wildman–Crippen LogP) is 2.37. The van der Waals surface area contributed by atoms with Crippen molar-refractivity contribution in [2.75, 3.05) is 12.0 Å². The number of nitrogens with zero attached hydrogens (tertiary/aromatic N) is 2. The number of carbonyl (C=O) groups is 2. The summed E-state index contributed by atoms with van der Waals surface area (Å²) < 4.78 is 10.6. The number of methoxy groups -OCH3 is 1. The number of anilines is 1. The lowest BCUT2D eigenvalue weighted by atomic mass is 9.82. The fourth-order valence-electron chi connectivity index (χ4n) is 3.54. The molecule has 0 spiro atoms. The van der Waals surface area contributed by atoms with Crippen LogP contribution in [0.4, 0.5) is 5.69 Å². The van der Waals surface area contributed by atoms with E-state index in [1.807, 2.05) is 0 Å². The summed E-state index contributed by atoms with van der Waals surface area (Å²) >= 11 is 1.07. The summed E-state index contributed by atoms with van der Waals surface area (Å²) in [6.45, 7) is 0. The number of hydrogen-bond acceptors (Lipinski definition) is 7. The van der Waals surface area contributed by atoms with E-state index in [1.165, 1.54) is 13.4 Å². The van der Waals surface area contributed by atoms with Gasteiger partial charge in [0.15, 0.2) is 0 Å². The van der Waals surface area contributed by atoms with E-state index in [1.54, 1.807) is 36.4 Å². The number of imide groups is 1. The third kappa shape index (κ3) is 2.59. The molecule has 7 nitrogen and oxygen atoms in total. The molecule has 0 unspecified atom stereocenters. The Morgan fingerprint density at radius 2 is 1.96 bits per heavy atom. The van der Waals surface area contributed by atoms with Crippen LogP contribution < -0.4 is 15.4 Å². The van der Waals surface area contributed by atoms with E-state index in [9.17, 15) is 14.9 Å². The second kappa shape index (κ2) is 6.52. The number of fused-ring (bicyclic) bond motifs is 1. The molecule has 0 saturated carbocycles. The smallest absolute Gasteiger partial charge is 0.248 e. The zero-order chi connectivity index (χ0) is 19.1. The molecule has 2 aromatic rings. The lowest BCUT2D eigenvalue weighted by molar-refractivity contribution is -0.122. The molecule has 2 aliphatic heterocycles. The molecule has 8 heteroatoms. The van der Waals surface area contributed by atoms with Crippen molar-refractivity contribution in [1.29, 1.82) is 5.26 Å². The lowest BCUT2D eigenvalue weighted by Gasteiger charge is -2.28. The summed E-state index contributed by atoms with van der Waals surface area (Å²) in [6, 6.07) is 12.1. The van der Waals surface area contributed by atoms with Gasteiger partial charge in [0.05, 0.1) is 47.6 Å². The Labute approximate surface area is 159 Å². The van der Waals surface area contributed by atoms with Crippen molar-refractivity contribution in [2.24, 2.45) is 11.7 Å². The normalized spacial score (nSPS) is 24.7. The van der Waals surface area contributed by atoms with Crippen molar-refractivity contribution in [3.05, 3.63) is 59.0 Å². The van der Waals surface area contributed by atoms with Crippen LogP contribution in [-0.4, -0.2) is 24.2 Å². The summed E-state index contributed by atoms with van der Waals surface area (Å²) in [7, 11) is 1.54. The van der Waals surface area contributed by atoms with E-state index in [4.69, 9.17) is 14.9 Å². The van der Waals surface area contributed by atoms with Crippen molar-refractivity contribution < 1.29 is 18.7 Å². The maximum atomic E-state index is 13.2. The average molecular weight is 381 g/mol. The van der Waals surface area contributed by atoms with Crippen molar-refractivity contribution in [3.63, 3.8) is 0 Å². The van der Waals surface area contributed by atoms with Gasteiger partial charge in [0.2, 0.25) is 11.8 Å². The van der Waals surface area contributed by atoms with Gasteiger partial charge in [0.25, 0.3) is 0 Å². The minimum absolute atomic E-state index is 0.248. The van der Waals surface area contributed by atoms with Gasteiger partial charge in [-0.3, -0.25) is 9.59 Å². The topological polar surface area (TPSA) is 110 Å². The molecule has 4 rings (SSSR count). The average Bonchev–Trinajstić information content (AvgIpc) is 3.29. The molecule has 136 valence electrons. The summed E-state index contributed by atoms with van der Waals surface area (Å²) in [5.41, 5.74) is 6.76. The van der Waals surface area contributed by atoms with Crippen LogP contribution in [-0.2, 0) is 9.59 Å². The van der Waals surface area contributed by atoms with Crippen molar-refractivity contribution in [3.8, 4) is 11.8 Å². The molecule has 1 aromatic heterocycles. The number of nitriles is 1. The monoisotopic (exact) mass is 381 g/mol. The Balaban J connectivity index is 1.78. The van der Waals surface area contributed by atoms with E-state index in [0.717, 1.165) is 16.7 Å². The van der Waals surface area contributed by atoms with Gasteiger partial charge in [-0.1, -0.05) is 11.8 Å². The Hall–Kier alpha value is -3.18. The van der Waals surface area contributed by atoms with Gasteiger partial charge < -0.3 is 14.9 Å². The van der Waals surface area contributed by atoms with E-state index in [0.29, 0.717) is 17.2 Å². The highest BCUT2D eigenvalue weighted by molar-refractivity contribution is 8.04. The first-order valence-electron chi connectivity index (χ1n) is 8.18. The van der Waals surface area contributed by atoms with Crippen LogP contribution in [0.3, 0.4) is 0 Å². The zero-order valence-electron chi connectivity index (χ0n) is 14.3. The van der Waals surface area contributed by atoms with Crippen LogP contribution in [0.15, 0.2) is 57.7 Å². The highest BCUT2D eigenvalue weighted by Gasteiger charge is 2.56. The molecule has 2 aliphatic rings. The number of carbonyl (C=O) groups excluding carboxylic acids is 2. The maximum absolute atomic E-state index is 13.2. The number of thioether (sulfide) groups is 1. The van der Waals surface area contributed by atoms with Crippen molar-refractivity contribution in [2.45, 2.75) is 11.2 Å². The highest BCUT2D eigenvalue weighted by atomic mass is 32.2. The molecule has 27 heavy (non-hydrogen) atoms. The van der Waals surface area contributed by atoms with Gasteiger partial charge in [-0.15, -0.1) is 0 Å². The molecule has 0 aliphatic carbocycles. The van der Waals surface area contributed by atoms with Crippen molar-refractivity contribution >= 4 is 29.3 Å². The van der Waals surface area contributed by atoms with E-state index >= 15 is 0 Å². The number of furan rings is 1. The van der Waals surface area contributed by atoms with Gasteiger partial charge in [-0.05, 0) is 36.4 Å². The highest BCUT2D eigenvalue weighted by Crippen LogP contribution is 2.50. The van der Waals surface area contributed by atoms with Crippen LogP contribution in [0.1, 0.15) is 11.7 Å². The summed E-state index contributed by atoms with van der Waals surface area (Å²) in [5.74, 6) is -1.09. The predicted molar refractivity (Wildman–Crippen MR) is 98.6 cm³/mol. The number of allylic oxidation sites excluding steroid dienone is 1. The quantitative estimate of drug-likeness (QED) is 0.813. The Kier molecular flexibility index (Phi) is 4.16. The van der Waals surface area contributed by atoms with Gasteiger partial charge in [0.1, 0.15) is 16.8 Å². The van der Waals surface area contributed by atoms with Crippen molar-refractivity contribution in [1.82, 2.24) is 0 Å². The first-order chi connectivity index (χ1) is 13.1. The van der Waals surface area contributed by atoms with Gasteiger partial charge >= 0.3 is 0 Å². The molecule has 1 fully saturated rings. The van der Waals surface area contributed by atoms with E-state index < -0.39 is 17.1 Å². The fraction of sp³-hybridized carbons (Fsp3) is 0.211. The van der Waals surface area contributed by atoms with Crippen LogP contribution in [0, 0.1) is 17.2 Å². The molecule has 3 heterocycles. The van der Waals surface area contributed by atoms with Crippen LogP contribution in [0.5, 0.6) is 5.75 Å². The summed E-state index contributed by atoms with van der Waals surface area (Å²) in [6.07, 6.45) is 1.47. The fourth-order valence-corrected chi connectivity index (χ4v) is 4.74. The zero-order valence-corrected chi connectivity index (χ0v) is 15.1. The van der Waals surface area contributed by atoms with Crippen LogP contribution in [0.25, 0.3) is 0 Å². The van der Waals surface area contributed by atoms with Gasteiger partial charge in [-0.2, -0.15) is 5.26 Å². The third-order valence-electron chi connectivity index (χ3n) is 4.79. The molecular formula is C19H15N3O4S. The first kappa shape index (κ1) is 17.2. The lowest BCUT2D eigenvalue weighted by Crippen LogP contribution is -2.33. The number of ether oxygens (including phenoxy) is 1. The molecule has 2 amide bonds. The second-order valence-electron chi connectivity index (χ2n) is 6.16. The number of nitrogens with two attached hydrogens (primary N) is 1.